The lowest BCUT2D eigenvalue weighted by Crippen LogP contribution is -2.21. The molecule has 6 heteroatoms. The molecule has 0 unspecified atom stereocenters. The highest BCUT2D eigenvalue weighted by Gasteiger charge is 2.16. The number of carbonyl (C=O) groups excluding carboxylic acids is 2. The zero-order chi connectivity index (χ0) is 20.4. The number of primary amides is 1. The molecule has 0 spiro atoms. The maximum absolute atomic E-state index is 13.3. The van der Waals surface area contributed by atoms with Crippen LogP contribution in [0.25, 0.3) is 22.3 Å². The van der Waals surface area contributed by atoms with E-state index in [1.807, 2.05) is 6.07 Å². The summed E-state index contributed by atoms with van der Waals surface area (Å²) in [6.45, 7) is 0. The van der Waals surface area contributed by atoms with Crippen LogP contribution in [0, 0.1) is 5.82 Å². The van der Waals surface area contributed by atoms with E-state index in [1.165, 1.54) is 17.0 Å². The second kappa shape index (κ2) is 7.52. The number of nitrogens with two attached hydrogens (primary N) is 2. The van der Waals surface area contributed by atoms with Crippen LogP contribution in [-0.4, -0.2) is 30.8 Å². The number of amides is 2. The van der Waals surface area contributed by atoms with Crippen molar-refractivity contribution < 1.29 is 14.0 Å². The fraction of sp³-hybridized carbons (Fsp3) is 0.0909. The van der Waals surface area contributed by atoms with Crippen LogP contribution in [-0.2, 0) is 0 Å². The number of hydrogen-bond acceptors (Lipinski definition) is 3. The van der Waals surface area contributed by atoms with Crippen molar-refractivity contribution in [3.05, 3.63) is 77.6 Å². The summed E-state index contributed by atoms with van der Waals surface area (Å²) >= 11 is 0. The molecule has 3 aromatic rings. The van der Waals surface area contributed by atoms with Gasteiger partial charge in [0.2, 0.25) is 0 Å². The second-order valence-electron chi connectivity index (χ2n) is 6.63. The molecule has 28 heavy (non-hydrogen) atoms. The van der Waals surface area contributed by atoms with Gasteiger partial charge in [-0.2, -0.15) is 0 Å². The summed E-state index contributed by atoms with van der Waals surface area (Å²) in [6.07, 6.45) is 0. The third-order valence-electron chi connectivity index (χ3n) is 4.47. The number of anilines is 1. The molecule has 2 amide bonds. The zero-order valence-electron chi connectivity index (χ0n) is 15.6. The van der Waals surface area contributed by atoms with Crippen LogP contribution >= 0.6 is 0 Å². The summed E-state index contributed by atoms with van der Waals surface area (Å²) < 4.78 is 13.3. The maximum atomic E-state index is 13.3. The lowest BCUT2D eigenvalue weighted by molar-refractivity contribution is 0.0827. The minimum Gasteiger partial charge on any atom is -0.398 e. The van der Waals surface area contributed by atoms with E-state index in [0.717, 1.165) is 11.1 Å². The van der Waals surface area contributed by atoms with Gasteiger partial charge in [-0.15, -0.1) is 0 Å². The standard InChI is InChI=1S/C22H20FN3O2/c1-26(2)22(28)15-5-3-14(4-6-15)18-11-16(12-19(20(18)24)21(25)27)13-7-9-17(23)10-8-13/h3-12H,24H2,1-2H3,(H2,25,27). The van der Waals surface area contributed by atoms with Gasteiger partial charge in [0.05, 0.1) is 11.3 Å². The number of halogens is 1. The number of benzene rings is 3. The average Bonchev–Trinajstić information content (AvgIpc) is 2.68. The molecule has 0 fully saturated rings. The molecule has 0 bridgehead atoms. The predicted molar refractivity (Wildman–Crippen MR) is 108 cm³/mol. The van der Waals surface area contributed by atoms with Crippen LogP contribution < -0.4 is 11.5 Å². The highest BCUT2D eigenvalue weighted by atomic mass is 19.1. The van der Waals surface area contributed by atoms with Crippen molar-refractivity contribution in [2.24, 2.45) is 5.73 Å². The predicted octanol–water partition coefficient (Wildman–Crippen LogP) is 3.54. The van der Waals surface area contributed by atoms with Gasteiger partial charge in [-0.05, 0) is 53.1 Å². The van der Waals surface area contributed by atoms with Crippen molar-refractivity contribution >= 4 is 17.5 Å². The summed E-state index contributed by atoms with van der Waals surface area (Å²) in [7, 11) is 3.36. The molecule has 0 aliphatic heterocycles. The summed E-state index contributed by atoms with van der Waals surface area (Å²) in [5, 5.41) is 0. The van der Waals surface area contributed by atoms with Gasteiger partial charge < -0.3 is 16.4 Å². The molecule has 0 saturated carbocycles. The molecule has 0 aliphatic rings. The molecule has 0 radical (unpaired) electrons. The molecule has 3 aromatic carbocycles. The second-order valence-corrected chi connectivity index (χ2v) is 6.63. The van der Waals surface area contributed by atoms with Crippen LogP contribution in [0.2, 0.25) is 0 Å². The van der Waals surface area contributed by atoms with Crippen LogP contribution in [0.1, 0.15) is 20.7 Å². The lowest BCUT2D eigenvalue weighted by atomic mass is 9.93. The van der Waals surface area contributed by atoms with E-state index < -0.39 is 5.91 Å². The first-order valence-electron chi connectivity index (χ1n) is 8.59. The van der Waals surface area contributed by atoms with Crippen molar-refractivity contribution in [1.29, 1.82) is 0 Å². The molecular formula is C22H20FN3O2. The molecule has 0 saturated heterocycles. The van der Waals surface area contributed by atoms with Gasteiger partial charge in [-0.3, -0.25) is 9.59 Å². The van der Waals surface area contributed by atoms with E-state index in [1.54, 1.807) is 56.6 Å². The zero-order valence-corrected chi connectivity index (χ0v) is 15.6. The topological polar surface area (TPSA) is 89.4 Å². The number of carbonyl (C=O) groups is 2. The minimum absolute atomic E-state index is 0.114. The highest BCUT2D eigenvalue weighted by Crippen LogP contribution is 2.34. The Bertz CT molecular complexity index is 1040. The third kappa shape index (κ3) is 3.71. The summed E-state index contributed by atoms with van der Waals surface area (Å²) in [4.78, 5) is 25.5. The number of nitrogen functional groups attached to an aromatic ring is 1. The first-order chi connectivity index (χ1) is 13.3. The molecule has 4 N–H and O–H groups in total. The van der Waals surface area contributed by atoms with Crippen LogP contribution in [0.4, 0.5) is 10.1 Å². The van der Waals surface area contributed by atoms with Gasteiger partial charge in [0.25, 0.3) is 11.8 Å². The van der Waals surface area contributed by atoms with E-state index in [0.29, 0.717) is 16.7 Å². The minimum atomic E-state index is -0.651. The van der Waals surface area contributed by atoms with Crippen molar-refractivity contribution in [1.82, 2.24) is 4.90 Å². The maximum Gasteiger partial charge on any atom is 0.253 e. The van der Waals surface area contributed by atoms with Crippen molar-refractivity contribution in [2.75, 3.05) is 19.8 Å². The van der Waals surface area contributed by atoms with Crippen molar-refractivity contribution in [2.45, 2.75) is 0 Å². The van der Waals surface area contributed by atoms with Gasteiger partial charge in [-0.25, -0.2) is 4.39 Å². The lowest BCUT2D eigenvalue weighted by Gasteiger charge is -2.14. The molecule has 0 heterocycles. The Kier molecular flexibility index (Phi) is 5.13. The Hall–Kier alpha value is -3.67. The van der Waals surface area contributed by atoms with E-state index in [-0.39, 0.29) is 23.0 Å². The quantitative estimate of drug-likeness (QED) is 0.682. The summed E-state index contributed by atoms with van der Waals surface area (Å²) in [6, 6.07) is 16.3. The molecule has 0 atom stereocenters. The fourth-order valence-corrected chi connectivity index (χ4v) is 2.96. The molecule has 0 aliphatic carbocycles. The number of nitrogens with zero attached hydrogens (tertiary/aromatic N) is 1. The highest BCUT2D eigenvalue weighted by molar-refractivity contribution is 6.03. The average molecular weight is 377 g/mol. The normalized spacial score (nSPS) is 10.5. The SMILES string of the molecule is CN(C)C(=O)c1ccc(-c2cc(-c3ccc(F)cc3)cc(C(N)=O)c2N)cc1. The van der Waals surface area contributed by atoms with Gasteiger partial charge in [-0.1, -0.05) is 24.3 Å². The molecule has 142 valence electrons. The smallest absolute Gasteiger partial charge is 0.253 e. The van der Waals surface area contributed by atoms with E-state index in [9.17, 15) is 14.0 Å². The first-order valence-corrected chi connectivity index (χ1v) is 8.59. The Morgan fingerprint density at radius 1 is 0.857 bits per heavy atom. The third-order valence-corrected chi connectivity index (χ3v) is 4.47. The van der Waals surface area contributed by atoms with Gasteiger partial charge >= 0.3 is 0 Å². The Balaban J connectivity index is 2.13. The van der Waals surface area contributed by atoms with Crippen LogP contribution in [0.3, 0.4) is 0 Å². The monoisotopic (exact) mass is 377 g/mol. The molecule has 3 rings (SSSR count). The Morgan fingerprint density at radius 3 is 1.96 bits per heavy atom. The van der Waals surface area contributed by atoms with Gasteiger partial charge in [0.15, 0.2) is 0 Å². The van der Waals surface area contributed by atoms with Gasteiger partial charge in [0.1, 0.15) is 5.82 Å². The Labute approximate surface area is 162 Å². The van der Waals surface area contributed by atoms with E-state index >= 15 is 0 Å². The first kappa shape index (κ1) is 19.1. The van der Waals surface area contributed by atoms with Crippen LogP contribution in [0.15, 0.2) is 60.7 Å². The van der Waals surface area contributed by atoms with Crippen LogP contribution in [0.5, 0.6) is 0 Å². The van der Waals surface area contributed by atoms with E-state index in [4.69, 9.17) is 11.5 Å². The summed E-state index contributed by atoms with van der Waals surface area (Å²) in [5.41, 5.74) is 15.4. The molecule has 0 aromatic heterocycles. The van der Waals surface area contributed by atoms with Crippen molar-refractivity contribution in [3.63, 3.8) is 0 Å². The number of hydrogen-bond donors (Lipinski definition) is 2. The molecular weight excluding hydrogens is 357 g/mol. The largest absolute Gasteiger partial charge is 0.398 e. The fourth-order valence-electron chi connectivity index (χ4n) is 2.96. The summed E-state index contributed by atoms with van der Waals surface area (Å²) in [5.74, 6) is -1.12. The Morgan fingerprint density at radius 2 is 1.43 bits per heavy atom. The van der Waals surface area contributed by atoms with Gasteiger partial charge in [0, 0.05) is 25.2 Å². The van der Waals surface area contributed by atoms with E-state index in [2.05, 4.69) is 0 Å². The number of rotatable bonds is 4. The molecule has 5 nitrogen and oxygen atoms in total. The van der Waals surface area contributed by atoms with Crippen molar-refractivity contribution in [3.8, 4) is 22.3 Å².